The van der Waals surface area contributed by atoms with Crippen LogP contribution in [-0.4, -0.2) is 38.0 Å². The van der Waals surface area contributed by atoms with Gasteiger partial charge in [0.05, 0.1) is 12.6 Å². The van der Waals surface area contributed by atoms with Crippen LogP contribution in [0.1, 0.15) is 26.2 Å². The number of Topliss-reactive ketones (excluding diaryl/α,β-unsaturated/α-hetero) is 1. The maximum Gasteiger partial charge on any atom is 0.305 e. The van der Waals surface area contributed by atoms with Gasteiger partial charge in [0, 0.05) is 6.42 Å². The summed E-state index contributed by atoms with van der Waals surface area (Å²) in [6, 6.07) is -0.257. The minimum Gasteiger partial charge on any atom is -0.466 e. The lowest BCUT2D eigenvalue weighted by Crippen LogP contribution is -2.32. The number of nitrogens with two attached hydrogens (primary N) is 1. The van der Waals surface area contributed by atoms with Crippen LogP contribution in [0.4, 0.5) is 0 Å². The predicted octanol–water partition coefficient (Wildman–Crippen LogP) is -0.164. The zero-order valence-corrected chi connectivity index (χ0v) is 9.41. The Labute approximate surface area is 90.4 Å². The Kier molecular flexibility index (Phi) is 7.85. The van der Waals surface area contributed by atoms with Crippen LogP contribution in [0.3, 0.4) is 0 Å². The number of carbonyl (C=O) groups excluding carboxylic acids is 2. The second-order valence-electron chi connectivity index (χ2n) is 3.35. The fraction of sp³-hybridized carbons (Fsp3) is 0.800. The number of likely N-dealkylation sites (N-methyl/N-ethyl adjacent to an activating group) is 1. The molecule has 1 atom stereocenters. The molecule has 0 amide bonds. The van der Waals surface area contributed by atoms with Gasteiger partial charge in [-0.3, -0.25) is 9.59 Å². The molecule has 0 aromatic heterocycles. The second kappa shape index (κ2) is 8.38. The van der Waals surface area contributed by atoms with E-state index in [1.165, 1.54) is 6.92 Å². The average Bonchev–Trinajstić information content (AvgIpc) is 2.18. The molecule has 0 rings (SSSR count). The molecule has 0 unspecified atom stereocenters. The molecule has 0 aliphatic rings. The second-order valence-corrected chi connectivity index (χ2v) is 3.35. The lowest BCUT2D eigenvalue weighted by molar-refractivity contribution is -0.143. The van der Waals surface area contributed by atoms with Crippen LogP contribution in [-0.2, 0) is 14.3 Å². The van der Waals surface area contributed by atoms with E-state index in [1.54, 1.807) is 7.05 Å². The summed E-state index contributed by atoms with van der Waals surface area (Å²) < 4.78 is 4.90. The SMILES string of the molecule is CN[C@@H](CCC(=O)OCCCN)C(C)=O. The van der Waals surface area contributed by atoms with Crippen molar-refractivity contribution in [1.82, 2.24) is 5.32 Å². The number of esters is 1. The van der Waals surface area contributed by atoms with E-state index in [9.17, 15) is 9.59 Å². The summed E-state index contributed by atoms with van der Waals surface area (Å²) in [5, 5.41) is 2.85. The third-order valence-corrected chi connectivity index (χ3v) is 2.09. The number of hydrogen-bond donors (Lipinski definition) is 2. The van der Waals surface area contributed by atoms with Crippen molar-refractivity contribution >= 4 is 11.8 Å². The Bertz CT molecular complexity index is 207. The molecule has 0 aliphatic heterocycles. The molecule has 0 heterocycles. The molecule has 0 aromatic rings. The third kappa shape index (κ3) is 7.04. The smallest absolute Gasteiger partial charge is 0.305 e. The van der Waals surface area contributed by atoms with Gasteiger partial charge in [-0.05, 0) is 33.4 Å². The summed E-state index contributed by atoms with van der Waals surface area (Å²) in [6.07, 6.45) is 1.41. The fourth-order valence-electron chi connectivity index (χ4n) is 1.15. The summed E-state index contributed by atoms with van der Waals surface area (Å²) in [5.74, 6) is -0.239. The maximum absolute atomic E-state index is 11.2. The quantitative estimate of drug-likeness (QED) is 0.435. The monoisotopic (exact) mass is 216 g/mol. The van der Waals surface area contributed by atoms with Crippen LogP contribution < -0.4 is 11.1 Å². The first-order valence-corrected chi connectivity index (χ1v) is 5.15. The highest BCUT2D eigenvalue weighted by Crippen LogP contribution is 2.00. The molecule has 15 heavy (non-hydrogen) atoms. The van der Waals surface area contributed by atoms with Gasteiger partial charge in [-0.2, -0.15) is 0 Å². The van der Waals surface area contributed by atoms with Gasteiger partial charge in [-0.25, -0.2) is 0 Å². The number of ketones is 1. The van der Waals surface area contributed by atoms with Gasteiger partial charge < -0.3 is 15.8 Å². The van der Waals surface area contributed by atoms with Gasteiger partial charge in [0.25, 0.3) is 0 Å². The van der Waals surface area contributed by atoms with Crippen molar-refractivity contribution in [2.24, 2.45) is 5.73 Å². The van der Waals surface area contributed by atoms with Gasteiger partial charge in [0.15, 0.2) is 0 Å². The van der Waals surface area contributed by atoms with Gasteiger partial charge >= 0.3 is 5.97 Å². The van der Waals surface area contributed by atoms with E-state index in [1.807, 2.05) is 0 Å². The lowest BCUT2D eigenvalue weighted by Gasteiger charge is -2.11. The number of rotatable bonds is 8. The van der Waals surface area contributed by atoms with E-state index >= 15 is 0 Å². The van der Waals surface area contributed by atoms with Crippen molar-refractivity contribution in [2.75, 3.05) is 20.2 Å². The van der Waals surface area contributed by atoms with E-state index < -0.39 is 0 Å². The van der Waals surface area contributed by atoms with E-state index in [-0.39, 0.29) is 24.2 Å². The van der Waals surface area contributed by atoms with Crippen molar-refractivity contribution in [3.05, 3.63) is 0 Å². The summed E-state index contributed by atoms with van der Waals surface area (Å²) >= 11 is 0. The summed E-state index contributed by atoms with van der Waals surface area (Å²) in [7, 11) is 1.70. The largest absolute Gasteiger partial charge is 0.466 e. The van der Waals surface area contributed by atoms with Gasteiger partial charge in [-0.1, -0.05) is 0 Å². The molecule has 0 spiro atoms. The Hall–Kier alpha value is -0.940. The lowest BCUT2D eigenvalue weighted by atomic mass is 10.1. The molecule has 0 saturated carbocycles. The van der Waals surface area contributed by atoms with Crippen molar-refractivity contribution < 1.29 is 14.3 Å². The normalized spacial score (nSPS) is 12.2. The fourth-order valence-corrected chi connectivity index (χ4v) is 1.15. The van der Waals surface area contributed by atoms with Crippen molar-refractivity contribution in [2.45, 2.75) is 32.2 Å². The minimum atomic E-state index is -0.273. The van der Waals surface area contributed by atoms with Crippen LogP contribution in [0.2, 0.25) is 0 Å². The van der Waals surface area contributed by atoms with Crippen LogP contribution in [0, 0.1) is 0 Å². The molecule has 88 valence electrons. The average molecular weight is 216 g/mol. The molecule has 5 nitrogen and oxygen atoms in total. The van der Waals surface area contributed by atoms with E-state index in [4.69, 9.17) is 10.5 Å². The molecule has 0 fully saturated rings. The van der Waals surface area contributed by atoms with Crippen molar-refractivity contribution in [3.8, 4) is 0 Å². The van der Waals surface area contributed by atoms with Crippen LogP contribution in [0.5, 0.6) is 0 Å². The molecule has 0 saturated heterocycles. The van der Waals surface area contributed by atoms with Crippen LogP contribution in [0.15, 0.2) is 0 Å². The Morgan fingerprint density at radius 3 is 2.60 bits per heavy atom. The number of hydrogen-bond acceptors (Lipinski definition) is 5. The highest BCUT2D eigenvalue weighted by molar-refractivity contribution is 5.82. The third-order valence-electron chi connectivity index (χ3n) is 2.09. The molecule has 5 heteroatoms. The molecular weight excluding hydrogens is 196 g/mol. The molecule has 0 radical (unpaired) electrons. The molecular formula is C10H20N2O3. The first kappa shape index (κ1) is 14.1. The summed E-state index contributed by atoms with van der Waals surface area (Å²) in [4.78, 5) is 22.2. The van der Waals surface area contributed by atoms with E-state index in [0.29, 0.717) is 26.0 Å². The molecule has 3 N–H and O–H groups in total. The number of ether oxygens (including phenoxy) is 1. The Balaban J connectivity index is 3.64. The maximum atomic E-state index is 11.2. The highest BCUT2D eigenvalue weighted by Gasteiger charge is 2.13. The number of nitrogens with one attached hydrogen (secondary N) is 1. The van der Waals surface area contributed by atoms with Gasteiger partial charge in [-0.15, -0.1) is 0 Å². The standard InChI is InChI=1S/C10H20N2O3/c1-8(13)9(12-2)4-5-10(14)15-7-3-6-11/h9,12H,3-7,11H2,1-2H3/t9-/m0/s1. The molecule has 0 aliphatic carbocycles. The van der Waals surface area contributed by atoms with Gasteiger partial charge in [0.1, 0.15) is 5.78 Å². The Morgan fingerprint density at radius 2 is 2.13 bits per heavy atom. The predicted molar refractivity (Wildman–Crippen MR) is 57.4 cm³/mol. The molecule has 0 aromatic carbocycles. The van der Waals surface area contributed by atoms with Crippen LogP contribution >= 0.6 is 0 Å². The number of carbonyl (C=O) groups is 2. The first-order chi connectivity index (χ1) is 7.11. The van der Waals surface area contributed by atoms with Gasteiger partial charge in [0.2, 0.25) is 0 Å². The summed E-state index contributed by atoms with van der Waals surface area (Å²) in [6.45, 7) is 2.38. The minimum absolute atomic E-state index is 0.0345. The van der Waals surface area contributed by atoms with Crippen LogP contribution in [0.25, 0.3) is 0 Å². The van der Waals surface area contributed by atoms with E-state index in [0.717, 1.165) is 0 Å². The first-order valence-electron chi connectivity index (χ1n) is 5.15. The topological polar surface area (TPSA) is 81.4 Å². The zero-order valence-electron chi connectivity index (χ0n) is 9.41. The van der Waals surface area contributed by atoms with Crippen molar-refractivity contribution in [1.29, 1.82) is 0 Å². The Morgan fingerprint density at radius 1 is 1.47 bits per heavy atom. The summed E-state index contributed by atoms with van der Waals surface area (Å²) in [5.41, 5.74) is 5.25. The van der Waals surface area contributed by atoms with Crippen molar-refractivity contribution in [3.63, 3.8) is 0 Å². The highest BCUT2D eigenvalue weighted by atomic mass is 16.5. The molecule has 0 bridgehead atoms. The van der Waals surface area contributed by atoms with E-state index in [2.05, 4.69) is 5.32 Å². The zero-order chi connectivity index (χ0) is 11.7.